The maximum absolute atomic E-state index is 12.4. The number of nitrogens with zero attached hydrogens (tertiary/aromatic N) is 1. The summed E-state index contributed by atoms with van der Waals surface area (Å²) in [5.41, 5.74) is 1.12. The summed E-state index contributed by atoms with van der Waals surface area (Å²) in [5.74, 6) is 0.167. The molecule has 0 saturated carbocycles. The van der Waals surface area contributed by atoms with Crippen molar-refractivity contribution in [3.8, 4) is 0 Å². The van der Waals surface area contributed by atoms with Crippen LogP contribution in [0.4, 0.5) is 0 Å². The van der Waals surface area contributed by atoms with Gasteiger partial charge in [0.1, 0.15) is 6.17 Å². The van der Waals surface area contributed by atoms with Crippen molar-refractivity contribution in [1.82, 2.24) is 10.2 Å². The Hall–Kier alpha value is -1.39. The molecule has 1 fully saturated rings. The van der Waals surface area contributed by atoms with Gasteiger partial charge in [-0.1, -0.05) is 37.3 Å². The van der Waals surface area contributed by atoms with Gasteiger partial charge >= 0.3 is 0 Å². The minimum absolute atomic E-state index is 0.0348. The van der Waals surface area contributed by atoms with E-state index in [-0.39, 0.29) is 24.2 Å². The molecule has 1 amide bonds. The zero-order valence-corrected chi connectivity index (χ0v) is 11.8. The predicted molar refractivity (Wildman–Crippen MR) is 74.6 cm³/mol. The fraction of sp³-hybridized carbons (Fsp3) is 0.533. The maximum Gasteiger partial charge on any atom is 0.241 e. The summed E-state index contributed by atoms with van der Waals surface area (Å²) in [6.07, 6.45) is 0.795. The first-order valence-electron chi connectivity index (χ1n) is 6.81. The van der Waals surface area contributed by atoms with Gasteiger partial charge in [0.15, 0.2) is 0 Å². The van der Waals surface area contributed by atoms with Crippen LogP contribution in [0.25, 0.3) is 0 Å². The van der Waals surface area contributed by atoms with Gasteiger partial charge in [-0.3, -0.25) is 10.1 Å². The summed E-state index contributed by atoms with van der Waals surface area (Å²) in [6, 6.07) is 9.99. The standard InChI is InChI=1S/C15H22N2O2/c1-4-13-15(18)17(10-11(2)19-3)14(16-13)12-8-6-5-7-9-12/h5-9,11,13-14,16H,4,10H2,1-3H3. The van der Waals surface area contributed by atoms with Gasteiger partial charge in [0.2, 0.25) is 5.91 Å². The summed E-state index contributed by atoms with van der Waals surface area (Å²) in [4.78, 5) is 14.3. The Balaban J connectivity index is 2.22. The number of methoxy groups -OCH3 is 1. The second kappa shape index (κ2) is 6.17. The molecule has 1 aliphatic heterocycles. The molecule has 1 saturated heterocycles. The van der Waals surface area contributed by atoms with Crippen molar-refractivity contribution in [2.24, 2.45) is 0 Å². The third-order valence-electron chi connectivity index (χ3n) is 3.63. The smallest absolute Gasteiger partial charge is 0.241 e. The number of carbonyl (C=O) groups is 1. The molecule has 4 nitrogen and oxygen atoms in total. The summed E-state index contributed by atoms with van der Waals surface area (Å²) < 4.78 is 5.29. The van der Waals surface area contributed by atoms with Crippen LogP contribution in [0.2, 0.25) is 0 Å². The second-order valence-corrected chi connectivity index (χ2v) is 4.98. The fourth-order valence-corrected chi connectivity index (χ4v) is 2.43. The van der Waals surface area contributed by atoms with Crippen molar-refractivity contribution in [3.63, 3.8) is 0 Å². The first-order valence-corrected chi connectivity index (χ1v) is 6.81. The highest BCUT2D eigenvalue weighted by Gasteiger charge is 2.38. The van der Waals surface area contributed by atoms with Crippen LogP contribution >= 0.6 is 0 Å². The van der Waals surface area contributed by atoms with E-state index in [2.05, 4.69) is 5.32 Å². The summed E-state index contributed by atoms with van der Waals surface area (Å²) in [6.45, 7) is 4.62. The molecule has 104 valence electrons. The van der Waals surface area contributed by atoms with E-state index in [0.717, 1.165) is 12.0 Å². The van der Waals surface area contributed by atoms with E-state index < -0.39 is 0 Å². The Morgan fingerprint density at radius 1 is 1.37 bits per heavy atom. The van der Waals surface area contributed by atoms with E-state index in [0.29, 0.717) is 6.54 Å². The van der Waals surface area contributed by atoms with Crippen molar-refractivity contribution >= 4 is 5.91 Å². The predicted octanol–water partition coefficient (Wildman–Crippen LogP) is 1.93. The van der Waals surface area contributed by atoms with Gasteiger partial charge in [0.05, 0.1) is 12.1 Å². The van der Waals surface area contributed by atoms with Crippen LogP contribution in [-0.4, -0.2) is 36.6 Å². The van der Waals surface area contributed by atoms with E-state index in [1.165, 1.54) is 0 Å². The largest absolute Gasteiger partial charge is 0.380 e. The Labute approximate surface area is 114 Å². The maximum atomic E-state index is 12.4. The molecule has 19 heavy (non-hydrogen) atoms. The van der Waals surface area contributed by atoms with Crippen LogP contribution in [0.1, 0.15) is 32.0 Å². The molecular formula is C15H22N2O2. The Morgan fingerprint density at radius 3 is 2.63 bits per heavy atom. The van der Waals surface area contributed by atoms with Gasteiger partial charge in [-0.25, -0.2) is 0 Å². The fourth-order valence-electron chi connectivity index (χ4n) is 2.43. The number of ether oxygens (including phenoxy) is 1. The number of amides is 1. The van der Waals surface area contributed by atoms with Crippen LogP contribution in [-0.2, 0) is 9.53 Å². The first-order chi connectivity index (χ1) is 9.17. The van der Waals surface area contributed by atoms with Crippen LogP contribution < -0.4 is 5.32 Å². The lowest BCUT2D eigenvalue weighted by Gasteiger charge is -2.26. The van der Waals surface area contributed by atoms with Gasteiger partial charge in [0.25, 0.3) is 0 Å². The minimum atomic E-state index is -0.0886. The van der Waals surface area contributed by atoms with Gasteiger partial charge in [-0.2, -0.15) is 0 Å². The average molecular weight is 262 g/mol. The second-order valence-electron chi connectivity index (χ2n) is 4.98. The van der Waals surface area contributed by atoms with Gasteiger partial charge in [-0.15, -0.1) is 0 Å². The molecule has 0 aliphatic carbocycles. The molecule has 0 radical (unpaired) electrons. The van der Waals surface area contributed by atoms with E-state index >= 15 is 0 Å². The Morgan fingerprint density at radius 2 is 2.05 bits per heavy atom. The van der Waals surface area contributed by atoms with Crippen LogP contribution in [0, 0.1) is 0 Å². The van der Waals surface area contributed by atoms with Crippen molar-refractivity contribution in [3.05, 3.63) is 35.9 Å². The quantitative estimate of drug-likeness (QED) is 0.881. The van der Waals surface area contributed by atoms with Crippen LogP contribution in [0.5, 0.6) is 0 Å². The summed E-state index contributed by atoms with van der Waals surface area (Å²) in [5, 5.41) is 3.41. The van der Waals surface area contributed by atoms with Crippen molar-refractivity contribution in [2.45, 2.75) is 38.6 Å². The summed E-state index contributed by atoms with van der Waals surface area (Å²) >= 11 is 0. The lowest BCUT2D eigenvalue weighted by Crippen LogP contribution is -2.37. The van der Waals surface area contributed by atoms with Gasteiger partial charge in [0, 0.05) is 13.7 Å². The third kappa shape index (κ3) is 2.96. The molecule has 3 unspecified atom stereocenters. The monoisotopic (exact) mass is 262 g/mol. The number of carbonyl (C=O) groups excluding carboxylic acids is 1. The van der Waals surface area contributed by atoms with E-state index in [4.69, 9.17) is 4.74 Å². The number of benzene rings is 1. The van der Waals surface area contributed by atoms with Gasteiger partial charge < -0.3 is 9.64 Å². The Bertz CT molecular complexity index is 421. The van der Waals surface area contributed by atoms with E-state index in [1.807, 2.05) is 49.1 Å². The van der Waals surface area contributed by atoms with E-state index in [1.54, 1.807) is 7.11 Å². The normalized spacial score (nSPS) is 24.8. The van der Waals surface area contributed by atoms with Crippen LogP contribution in [0.15, 0.2) is 30.3 Å². The van der Waals surface area contributed by atoms with Gasteiger partial charge in [-0.05, 0) is 18.9 Å². The highest BCUT2D eigenvalue weighted by atomic mass is 16.5. The van der Waals surface area contributed by atoms with Crippen molar-refractivity contribution in [1.29, 1.82) is 0 Å². The molecule has 1 N–H and O–H groups in total. The molecule has 1 heterocycles. The Kier molecular flexibility index (Phi) is 4.56. The molecule has 2 rings (SSSR count). The number of hydrogen-bond acceptors (Lipinski definition) is 3. The first kappa shape index (κ1) is 14.0. The molecule has 0 bridgehead atoms. The van der Waals surface area contributed by atoms with Crippen LogP contribution in [0.3, 0.4) is 0 Å². The van der Waals surface area contributed by atoms with E-state index in [9.17, 15) is 4.79 Å². The molecule has 0 aromatic heterocycles. The highest BCUT2D eigenvalue weighted by molar-refractivity contribution is 5.84. The minimum Gasteiger partial charge on any atom is -0.380 e. The van der Waals surface area contributed by atoms with Crippen molar-refractivity contribution < 1.29 is 9.53 Å². The number of hydrogen-bond donors (Lipinski definition) is 1. The molecule has 1 aliphatic rings. The lowest BCUT2D eigenvalue weighted by atomic mass is 10.1. The molecule has 4 heteroatoms. The average Bonchev–Trinajstić information content (AvgIpc) is 2.76. The zero-order chi connectivity index (χ0) is 13.8. The lowest BCUT2D eigenvalue weighted by molar-refractivity contribution is -0.131. The molecule has 0 spiro atoms. The SMILES string of the molecule is CCC1NC(c2ccccc2)N(CC(C)OC)C1=O. The molecule has 1 aromatic rings. The zero-order valence-electron chi connectivity index (χ0n) is 11.8. The third-order valence-corrected chi connectivity index (χ3v) is 3.63. The van der Waals surface area contributed by atoms with Crippen molar-refractivity contribution in [2.75, 3.05) is 13.7 Å². The molecule has 1 aromatic carbocycles. The number of rotatable bonds is 5. The molecular weight excluding hydrogens is 240 g/mol. The number of nitrogens with one attached hydrogen (secondary N) is 1. The topological polar surface area (TPSA) is 41.6 Å². The molecule has 3 atom stereocenters. The summed E-state index contributed by atoms with van der Waals surface area (Å²) in [7, 11) is 1.67. The highest BCUT2D eigenvalue weighted by Crippen LogP contribution is 2.26.